The second kappa shape index (κ2) is 8.88. The molecule has 0 aliphatic heterocycles. The van der Waals surface area contributed by atoms with Crippen LogP contribution in [0, 0.1) is 6.92 Å². The van der Waals surface area contributed by atoms with E-state index in [4.69, 9.17) is 9.15 Å². The van der Waals surface area contributed by atoms with Crippen molar-refractivity contribution in [3.63, 3.8) is 0 Å². The minimum Gasteiger partial charge on any atom is -0.489 e. The molecule has 23 heavy (non-hydrogen) atoms. The summed E-state index contributed by atoms with van der Waals surface area (Å²) < 4.78 is 11.2. The number of rotatable bonds is 7. The van der Waals surface area contributed by atoms with E-state index in [1.54, 1.807) is 6.26 Å². The van der Waals surface area contributed by atoms with Gasteiger partial charge in [0.25, 0.3) is 0 Å². The number of hydrogen-bond donors (Lipinski definition) is 2. The van der Waals surface area contributed by atoms with Crippen LogP contribution in [0.15, 0.2) is 52.1 Å². The molecule has 124 valence electrons. The smallest absolute Gasteiger partial charge is 0.191 e. The number of benzene rings is 1. The molecule has 1 heterocycles. The van der Waals surface area contributed by atoms with Crippen LogP contribution in [0.1, 0.15) is 25.2 Å². The first-order chi connectivity index (χ1) is 11.2. The summed E-state index contributed by atoms with van der Waals surface area (Å²) in [5.74, 6) is 2.47. The van der Waals surface area contributed by atoms with Crippen molar-refractivity contribution in [3.8, 4) is 5.75 Å². The Hall–Kier alpha value is -2.43. The van der Waals surface area contributed by atoms with Gasteiger partial charge in [0.15, 0.2) is 5.96 Å². The van der Waals surface area contributed by atoms with E-state index in [1.165, 1.54) is 5.56 Å². The monoisotopic (exact) mass is 315 g/mol. The fraction of sp³-hybridized carbons (Fsp3) is 0.389. The molecular formula is C18H25N3O2. The molecule has 5 heteroatoms. The Bertz CT molecular complexity index is 591. The number of nitrogens with zero attached hydrogens (tertiary/aromatic N) is 1. The lowest BCUT2D eigenvalue weighted by Gasteiger charge is -2.17. The van der Waals surface area contributed by atoms with E-state index < -0.39 is 0 Å². The van der Waals surface area contributed by atoms with Crippen LogP contribution >= 0.6 is 0 Å². The van der Waals surface area contributed by atoms with Crippen LogP contribution in [-0.2, 0) is 6.54 Å². The van der Waals surface area contributed by atoms with Crippen molar-refractivity contribution >= 4 is 5.96 Å². The predicted molar refractivity (Wildman–Crippen MR) is 92.8 cm³/mol. The quantitative estimate of drug-likeness (QED) is 0.609. The summed E-state index contributed by atoms with van der Waals surface area (Å²) in [4.78, 5) is 4.49. The molecule has 1 aromatic heterocycles. The number of hydrogen-bond acceptors (Lipinski definition) is 3. The third-order valence-electron chi connectivity index (χ3n) is 3.23. The molecular weight excluding hydrogens is 290 g/mol. The Labute approximate surface area is 137 Å². The van der Waals surface area contributed by atoms with Gasteiger partial charge >= 0.3 is 0 Å². The number of aliphatic imine (C=N–C) groups is 1. The molecule has 5 nitrogen and oxygen atoms in total. The Balaban J connectivity index is 1.82. The third-order valence-corrected chi connectivity index (χ3v) is 3.23. The van der Waals surface area contributed by atoms with Crippen molar-refractivity contribution < 1.29 is 9.15 Å². The highest BCUT2D eigenvalue weighted by Gasteiger charge is 2.06. The number of aryl methyl sites for hydroxylation is 1. The topological polar surface area (TPSA) is 58.8 Å². The molecule has 0 aliphatic rings. The maximum Gasteiger partial charge on any atom is 0.191 e. The largest absolute Gasteiger partial charge is 0.489 e. The molecule has 2 rings (SSSR count). The summed E-state index contributed by atoms with van der Waals surface area (Å²) in [6.07, 6.45) is 1.69. The van der Waals surface area contributed by atoms with Crippen molar-refractivity contribution in [3.05, 3.63) is 54.0 Å². The van der Waals surface area contributed by atoms with Crippen LogP contribution in [0.25, 0.3) is 0 Å². The van der Waals surface area contributed by atoms with Crippen molar-refractivity contribution in [2.75, 3.05) is 13.1 Å². The Morgan fingerprint density at radius 1 is 1.22 bits per heavy atom. The standard InChI is InChI=1S/C18H25N3O2/c1-4-19-18(21-13-17-6-5-11-22-17)20-12-15(3)23-16-9-7-14(2)8-10-16/h5-11,15H,4,12-13H2,1-3H3,(H2,19,20,21). The van der Waals surface area contributed by atoms with Gasteiger partial charge in [-0.3, -0.25) is 0 Å². The SMILES string of the molecule is CCNC(=NCc1ccco1)NCC(C)Oc1ccc(C)cc1. The zero-order chi connectivity index (χ0) is 16.5. The molecule has 0 spiro atoms. The lowest BCUT2D eigenvalue weighted by atomic mass is 10.2. The predicted octanol–water partition coefficient (Wildman–Crippen LogP) is 3.11. The van der Waals surface area contributed by atoms with Crippen LogP contribution in [0.4, 0.5) is 0 Å². The summed E-state index contributed by atoms with van der Waals surface area (Å²) in [7, 11) is 0. The molecule has 2 aromatic rings. The van der Waals surface area contributed by atoms with E-state index in [2.05, 4.69) is 22.5 Å². The van der Waals surface area contributed by atoms with Crippen molar-refractivity contribution in [1.82, 2.24) is 10.6 Å². The molecule has 0 saturated heterocycles. The fourth-order valence-electron chi connectivity index (χ4n) is 2.03. The van der Waals surface area contributed by atoms with Crippen LogP contribution in [-0.4, -0.2) is 25.2 Å². The lowest BCUT2D eigenvalue weighted by Crippen LogP contribution is -2.41. The van der Waals surface area contributed by atoms with E-state index in [-0.39, 0.29) is 6.10 Å². The lowest BCUT2D eigenvalue weighted by molar-refractivity contribution is 0.224. The Kier molecular flexibility index (Phi) is 6.54. The third kappa shape index (κ3) is 6.06. The fourth-order valence-corrected chi connectivity index (χ4v) is 2.03. The Morgan fingerprint density at radius 2 is 2.00 bits per heavy atom. The van der Waals surface area contributed by atoms with Crippen LogP contribution in [0.3, 0.4) is 0 Å². The maximum atomic E-state index is 5.88. The minimum absolute atomic E-state index is 0.0326. The van der Waals surface area contributed by atoms with Gasteiger partial charge in [0.05, 0.1) is 12.8 Å². The molecule has 1 atom stereocenters. The second-order valence-corrected chi connectivity index (χ2v) is 5.40. The normalized spacial score (nSPS) is 12.7. The minimum atomic E-state index is 0.0326. The molecule has 0 saturated carbocycles. The van der Waals surface area contributed by atoms with Gasteiger partial charge in [-0.1, -0.05) is 17.7 Å². The van der Waals surface area contributed by atoms with E-state index in [0.717, 1.165) is 24.0 Å². The first-order valence-electron chi connectivity index (χ1n) is 7.95. The molecule has 0 bridgehead atoms. The number of guanidine groups is 1. The maximum absolute atomic E-state index is 5.88. The molecule has 0 aliphatic carbocycles. The van der Waals surface area contributed by atoms with Gasteiger partial charge in [0, 0.05) is 6.54 Å². The van der Waals surface area contributed by atoms with Crippen molar-refractivity contribution in [2.45, 2.75) is 33.4 Å². The summed E-state index contributed by atoms with van der Waals surface area (Å²) in [5.41, 5.74) is 1.22. The number of nitrogens with one attached hydrogen (secondary N) is 2. The first-order valence-corrected chi connectivity index (χ1v) is 7.95. The van der Waals surface area contributed by atoms with Gasteiger partial charge in [-0.05, 0) is 45.0 Å². The van der Waals surface area contributed by atoms with Crippen LogP contribution in [0.5, 0.6) is 5.75 Å². The molecule has 0 fully saturated rings. The molecule has 2 N–H and O–H groups in total. The average Bonchev–Trinajstić information content (AvgIpc) is 3.06. The van der Waals surface area contributed by atoms with Crippen molar-refractivity contribution in [1.29, 1.82) is 0 Å². The number of furan rings is 1. The molecule has 1 unspecified atom stereocenters. The van der Waals surface area contributed by atoms with E-state index >= 15 is 0 Å². The van der Waals surface area contributed by atoms with Crippen LogP contribution in [0.2, 0.25) is 0 Å². The van der Waals surface area contributed by atoms with E-state index in [1.807, 2.05) is 50.2 Å². The Morgan fingerprint density at radius 3 is 2.65 bits per heavy atom. The highest BCUT2D eigenvalue weighted by Crippen LogP contribution is 2.12. The second-order valence-electron chi connectivity index (χ2n) is 5.40. The highest BCUT2D eigenvalue weighted by atomic mass is 16.5. The molecule has 0 radical (unpaired) electrons. The van der Waals surface area contributed by atoms with E-state index in [0.29, 0.717) is 13.1 Å². The molecule has 1 aromatic carbocycles. The van der Waals surface area contributed by atoms with Crippen LogP contribution < -0.4 is 15.4 Å². The number of ether oxygens (including phenoxy) is 1. The van der Waals surface area contributed by atoms with Gasteiger partial charge in [-0.25, -0.2) is 4.99 Å². The summed E-state index contributed by atoms with van der Waals surface area (Å²) in [5, 5.41) is 6.50. The summed E-state index contributed by atoms with van der Waals surface area (Å²) in [6, 6.07) is 11.8. The molecule has 0 amide bonds. The van der Waals surface area contributed by atoms with Gasteiger partial charge in [0.2, 0.25) is 0 Å². The average molecular weight is 315 g/mol. The zero-order valence-corrected chi connectivity index (χ0v) is 14.0. The van der Waals surface area contributed by atoms with Gasteiger partial charge < -0.3 is 19.8 Å². The summed E-state index contributed by atoms with van der Waals surface area (Å²) >= 11 is 0. The van der Waals surface area contributed by atoms with Gasteiger partial charge in [0.1, 0.15) is 24.2 Å². The van der Waals surface area contributed by atoms with E-state index in [9.17, 15) is 0 Å². The highest BCUT2D eigenvalue weighted by molar-refractivity contribution is 5.79. The van der Waals surface area contributed by atoms with Crippen molar-refractivity contribution in [2.24, 2.45) is 4.99 Å². The van der Waals surface area contributed by atoms with Gasteiger partial charge in [-0.15, -0.1) is 0 Å². The van der Waals surface area contributed by atoms with Gasteiger partial charge in [-0.2, -0.15) is 0 Å². The summed E-state index contributed by atoms with van der Waals surface area (Å²) in [6.45, 7) is 8.11. The zero-order valence-electron chi connectivity index (χ0n) is 14.0. The first kappa shape index (κ1) is 16.9.